The zero-order valence-corrected chi connectivity index (χ0v) is 12.7. The van der Waals surface area contributed by atoms with Crippen molar-refractivity contribution in [1.29, 1.82) is 0 Å². The Labute approximate surface area is 126 Å². The lowest BCUT2D eigenvalue weighted by atomic mass is 10.3. The summed E-state index contributed by atoms with van der Waals surface area (Å²) in [6.45, 7) is 0.284. The van der Waals surface area contributed by atoms with Crippen molar-refractivity contribution in [2.75, 3.05) is 0 Å². The van der Waals surface area contributed by atoms with Crippen molar-refractivity contribution in [1.82, 2.24) is 4.98 Å². The van der Waals surface area contributed by atoms with Crippen molar-refractivity contribution in [2.24, 2.45) is 0 Å². The highest BCUT2D eigenvalue weighted by molar-refractivity contribution is 9.10. The number of ether oxygens (including phenoxy) is 1. The summed E-state index contributed by atoms with van der Waals surface area (Å²) < 4.78 is 7.08. The third-order valence-electron chi connectivity index (χ3n) is 2.28. The van der Waals surface area contributed by atoms with Gasteiger partial charge in [0.25, 0.3) is 5.69 Å². The first-order valence-corrected chi connectivity index (χ1v) is 6.81. The summed E-state index contributed by atoms with van der Waals surface area (Å²) in [4.78, 5) is 14.3. The number of pyridine rings is 1. The molecule has 7 heteroatoms. The largest absolute Gasteiger partial charge is 0.487 e. The van der Waals surface area contributed by atoms with Crippen molar-refractivity contribution in [3.05, 3.63) is 61.3 Å². The van der Waals surface area contributed by atoms with E-state index in [2.05, 4.69) is 36.8 Å². The standard InChI is InChI=1S/C12H8Br2N2O3/c13-9-3-8(5-15-6-9)7-19-12-4-10(16(17)18)1-2-11(12)14/h1-6H,7H2. The molecule has 2 rings (SSSR count). The summed E-state index contributed by atoms with van der Waals surface area (Å²) in [5.74, 6) is 0.425. The molecule has 2 aromatic rings. The molecule has 0 saturated heterocycles. The highest BCUT2D eigenvalue weighted by Gasteiger charge is 2.10. The predicted octanol–water partition coefficient (Wildman–Crippen LogP) is 4.09. The Morgan fingerprint density at radius 1 is 1.26 bits per heavy atom. The van der Waals surface area contributed by atoms with E-state index in [1.54, 1.807) is 18.5 Å². The Kier molecular flexibility index (Phi) is 4.49. The number of aromatic nitrogens is 1. The molecule has 0 aliphatic carbocycles. The van der Waals surface area contributed by atoms with E-state index in [9.17, 15) is 10.1 Å². The molecule has 1 aromatic carbocycles. The SMILES string of the molecule is O=[N+]([O-])c1ccc(Br)c(OCc2cncc(Br)c2)c1. The molecule has 0 atom stereocenters. The fourth-order valence-electron chi connectivity index (χ4n) is 1.41. The molecule has 19 heavy (non-hydrogen) atoms. The molecule has 0 N–H and O–H groups in total. The van der Waals surface area contributed by atoms with Crippen LogP contribution in [0.15, 0.2) is 45.6 Å². The van der Waals surface area contributed by atoms with Gasteiger partial charge in [0.2, 0.25) is 0 Å². The molecule has 0 unspecified atom stereocenters. The normalized spacial score (nSPS) is 10.2. The first kappa shape index (κ1) is 14.0. The molecule has 0 spiro atoms. The van der Waals surface area contributed by atoms with E-state index in [4.69, 9.17) is 4.74 Å². The van der Waals surface area contributed by atoms with Gasteiger partial charge in [-0.25, -0.2) is 0 Å². The van der Waals surface area contributed by atoms with E-state index in [-0.39, 0.29) is 12.3 Å². The van der Waals surface area contributed by atoms with E-state index in [1.807, 2.05) is 6.07 Å². The molecule has 5 nitrogen and oxygen atoms in total. The predicted molar refractivity (Wildman–Crippen MR) is 77.1 cm³/mol. The number of nitro groups is 1. The van der Waals surface area contributed by atoms with E-state index >= 15 is 0 Å². The fourth-order valence-corrected chi connectivity index (χ4v) is 2.19. The maximum absolute atomic E-state index is 10.7. The van der Waals surface area contributed by atoms with Crippen molar-refractivity contribution in [3.63, 3.8) is 0 Å². The number of nitro benzene ring substituents is 1. The van der Waals surface area contributed by atoms with E-state index in [0.29, 0.717) is 10.2 Å². The lowest BCUT2D eigenvalue weighted by Crippen LogP contribution is -1.98. The molecule has 0 radical (unpaired) electrons. The van der Waals surface area contributed by atoms with E-state index in [1.165, 1.54) is 12.1 Å². The van der Waals surface area contributed by atoms with Crippen molar-refractivity contribution < 1.29 is 9.66 Å². The van der Waals surface area contributed by atoms with Crippen molar-refractivity contribution in [2.45, 2.75) is 6.61 Å². The van der Waals surface area contributed by atoms with Gasteiger partial charge in [0.05, 0.1) is 15.5 Å². The summed E-state index contributed by atoms with van der Waals surface area (Å²) in [5.41, 5.74) is 0.860. The molecule has 0 fully saturated rings. The Morgan fingerprint density at radius 3 is 2.74 bits per heavy atom. The van der Waals surface area contributed by atoms with Gasteiger partial charge in [-0.1, -0.05) is 0 Å². The molecule has 98 valence electrons. The number of hydrogen-bond acceptors (Lipinski definition) is 4. The zero-order valence-electron chi connectivity index (χ0n) is 9.55. The first-order chi connectivity index (χ1) is 9.06. The molecule has 1 aromatic heterocycles. The van der Waals surface area contributed by atoms with Gasteiger partial charge in [-0.05, 0) is 44.0 Å². The maximum Gasteiger partial charge on any atom is 0.273 e. The van der Waals surface area contributed by atoms with Crippen LogP contribution in [0.4, 0.5) is 5.69 Å². The molecule has 1 heterocycles. The van der Waals surface area contributed by atoms with Crippen LogP contribution in [-0.2, 0) is 6.61 Å². The summed E-state index contributed by atoms with van der Waals surface area (Å²) in [6, 6.07) is 6.26. The molecule has 0 bridgehead atoms. The van der Waals surface area contributed by atoms with E-state index in [0.717, 1.165) is 10.0 Å². The maximum atomic E-state index is 10.7. The van der Waals surface area contributed by atoms with Gasteiger partial charge in [-0.2, -0.15) is 0 Å². The van der Waals surface area contributed by atoms with Gasteiger partial charge < -0.3 is 4.74 Å². The monoisotopic (exact) mass is 386 g/mol. The Bertz CT molecular complexity index is 620. The van der Waals surface area contributed by atoms with Crippen LogP contribution in [-0.4, -0.2) is 9.91 Å². The van der Waals surface area contributed by atoms with Crippen LogP contribution in [0.1, 0.15) is 5.56 Å². The number of non-ortho nitro benzene ring substituents is 1. The second-order valence-corrected chi connectivity index (χ2v) is 5.44. The smallest absolute Gasteiger partial charge is 0.273 e. The molecule has 0 amide bonds. The minimum Gasteiger partial charge on any atom is -0.487 e. The van der Waals surface area contributed by atoms with Crippen LogP contribution in [0.25, 0.3) is 0 Å². The van der Waals surface area contributed by atoms with Crippen LogP contribution < -0.4 is 4.74 Å². The second kappa shape index (κ2) is 6.12. The lowest BCUT2D eigenvalue weighted by Gasteiger charge is -2.08. The van der Waals surface area contributed by atoms with Gasteiger partial charge >= 0.3 is 0 Å². The minimum absolute atomic E-state index is 0.00873. The summed E-state index contributed by atoms with van der Waals surface area (Å²) >= 11 is 6.61. The summed E-state index contributed by atoms with van der Waals surface area (Å²) in [7, 11) is 0. The number of benzene rings is 1. The zero-order chi connectivity index (χ0) is 13.8. The van der Waals surface area contributed by atoms with Crippen molar-refractivity contribution in [3.8, 4) is 5.75 Å². The fraction of sp³-hybridized carbons (Fsp3) is 0.0833. The molecular weight excluding hydrogens is 380 g/mol. The number of nitrogens with zero attached hydrogens (tertiary/aromatic N) is 2. The average molecular weight is 388 g/mol. The summed E-state index contributed by atoms with van der Waals surface area (Å²) in [5, 5.41) is 10.7. The van der Waals surface area contributed by atoms with Gasteiger partial charge in [0, 0.05) is 28.5 Å². The average Bonchev–Trinajstić information content (AvgIpc) is 2.37. The molecule has 0 saturated carbocycles. The second-order valence-electron chi connectivity index (χ2n) is 3.67. The quantitative estimate of drug-likeness (QED) is 0.585. The van der Waals surface area contributed by atoms with Crippen LogP contribution >= 0.6 is 31.9 Å². The van der Waals surface area contributed by atoms with Gasteiger partial charge in [-0.15, -0.1) is 0 Å². The van der Waals surface area contributed by atoms with Crippen molar-refractivity contribution >= 4 is 37.5 Å². The van der Waals surface area contributed by atoms with Crippen LogP contribution in [0.2, 0.25) is 0 Å². The number of rotatable bonds is 4. The molecule has 0 aliphatic heterocycles. The van der Waals surface area contributed by atoms with Gasteiger partial charge in [0.1, 0.15) is 12.4 Å². The van der Waals surface area contributed by atoms with Gasteiger partial charge in [0.15, 0.2) is 0 Å². The third kappa shape index (κ3) is 3.74. The minimum atomic E-state index is -0.458. The summed E-state index contributed by atoms with van der Waals surface area (Å²) in [6.07, 6.45) is 3.35. The molecular formula is C12H8Br2N2O3. The number of halogens is 2. The lowest BCUT2D eigenvalue weighted by molar-refractivity contribution is -0.385. The van der Waals surface area contributed by atoms with E-state index < -0.39 is 4.92 Å². The Hall–Kier alpha value is -1.47. The van der Waals surface area contributed by atoms with Crippen LogP contribution in [0.3, 0.4) is 0 Å². The first-order valence-electron chi connectivity index (χ1n) is 5.22. The highest BCUT2D eigenvalue weighted by atomic mass is 79.9. The highest BCUT2D eigenvalue weighted by Crippen LogP contribution is 2.29. The molecule has 0 aliphatic rings. The van der Waals surface area contributed by atoms with Crippen LogP contribution in [0.5, 0.6) is 5.75 Å². The number of hydrogen-bond donors (Lipinski definition) is 0. The topological polar surface area (TPSA) is 65.3 Å². The van der Waals surface area contributed by atoms with Gasteiger partial charge in [-0.3, -0.25) is 15.1 Å². The Morgan fingerprint density at radius 2 is 2.05 bits per heavy atom. The third-order valence-corrected chi connectivity index (χ3v) is 3.37. The Balaban J connectivity index is 2.15. The van der Waals surface area contributed by atoms with Crippen LogP contribution in [0, 0.1) is 10.1 Å².